The standard InChI is InChI=1S/C28H33ClF2N8O4/c29-18-3-4-23(43-28(30)31)20(14-18)26-22(35-27(41)21-15-33-24(34-21)2-1-7-32)16-39(36-26)17-25(40)38-8-5-19(6-9-38)37-10-12-42-13-11-37/h1-4,7,14-16,19,26,28,32,36H,5-6,8-13,17H2,(H,33,34)(H,35,41)/b2-1-,32-7?. The molecule has 5 rings (SSSR count). The number of rotatable bonds is 10. The summed E-state index contributed by atoms with van der Waals surface area (Å²) in [4.78, 5) is 37.6. The predicted octanol–water partition coefficient (Wildman–Crippen LogP) is 2.78. The van der Waals surface area contributed by atoms with Crippen LogP contribution in [0.15, 0.2) is 42.4 Å². The molecule has 4 N–H and O–H groups in total. The van der Waals surface area contributed by atoms with Crippen LogP contribution in [0.5, 0.6) is 5.75 Å². The Morgan fingerprint density at radius 2 is 2.00 bits per heavy atom. The molecule has 0 aliphatic carbocycles. The molecule has 3 aliphatic heterocycles. The van der Waals surface area contributed by atoms with Gasteiger partial charge in [-0.2, -0.15) is 8.78 Å². The van der Waals surface area contributed by atoms with Crippen LogP contribution in [0.2, 0.25) is 5.02 Å². The van der Waals surface area contributed by atoms with Crippen LogP contribution in [0.25, 0.3) is 6.08 Å². The summed E-state index contributed by atoms with van der Waals surface area (Å²) in [5, 5.41) is 11.7. The second-order valence-electron chi connectivity index (χ2n) is 10.3. The van der Waals surface area contributed by atoms with Gasteiger partial charge in [0.05, 0.1) is 31.1 Å². The molecule has 1 atom stereocenters. The summed E-state index contributed by atoms with van der Waals surface area (Å²) in [6.45, 7) is 1.38. The number of nitrogens with zero attached hydrogens (tertiary/aromatic N) is 4. The Labute approximate surface area is 252 Å². The van der Waals surface area contributed by atoms with Gasteiger partial charge in [0.1, 0.15) is 23.8 Å². The minimum atomic E-state index is -3.08. The summed E-state index contributed by atoms with van der Waals surface area (Å²) >= 11 is 6.22. The van der Waals surface area contributed by atoms with Gasteiger partial charge in [-0.1, -0.05) is 11.6 Å². The lowest BCUT2D eigenvalue weighted by atomic mass is 10.0. The van der Waals surface area contributed by atoms with Crippen molar-refractivity contribution in [2.45, 2.75) is 31.5 Å². The van der Waals surface area contributed by atoms with Gasteiger partial charge in [0.25, 0.3) is 5.91 Å². The number of piperidine rings is 1. The number of likely N-dealkylation sites (tertiary alicyclic amines) is 1. The molecule has 2 aromatic rings. The van der Waals surface area contributed by atoms with Crippen LogP contribution >= 0.6 is 11.6 Å². The summed E-state index contributed by atoms with van der Waals surface area (Å²) in [7, 11) is 0. The molecule has 1 aromatic heterocycles. The Hall–Kier alpha value is -3.85. The molecule has 3 aliphatic rings. The number of hydrogen-bond donors (Lipinski definition) is 4. The SMILES string of the molecule is N=C/C=C\c1ncc(C(=O)NC2=CN(CC(=O)N3CCC(N4CCOCC4)CC3)NC2c2cc(Cl)ccc2OC(F)F)[nH]1. The molecular formula is C28H33ClF2N8O4. The van der Waals surface area contributed by atoms with Crippen molar-refractivity contribution in [3.63, 3.8) is 0 Å². The van der Waals surface area contributed by atoms with Crippen molar-refractivity contribution < 1.29 is 27.8 Å². The van der Waals surface area contributed by atoms with Gasteiger partial charge in [-0.05, 0) is 43.2 Å². The Morgan fingerprint density at radius 3 is 2.72 bits per heavy atom. The van der Waals surface area contributed by atoms with Crippen molar-refractivity contribution in [2.75, 3.05) is 45.9 Å². The number of amides is 2. The lowest BCUT2D eigenvalue weighted by Gasteiger charge is -2.40. The van der Waals surface area contributed by atoms with Crippen LogP contribution in [-0.2, 0) is 9.53 Å². The summed E-state index contributed by atoms with van der Waals surface area (Å²) in [6, 6.07) is 3.78. The number of benzene rings is 1. The molecule has 1 unspecified atom stereocenters. The second kappa shape index (κ2) is 14.1. The maximum atomic E-state index is 13.3. The van der Waals surface area contributed by atoms with Gasteiger partial charge in [-0.3, -0.25) is 14.5 Å². The van der Waals surface area contributed by atoms with E-state index in [-0.39, 0.29) is 40.2 Å². The third kappa shape index (κ3) is 7.76. The molecule has 2 saturated heterocycles. The number of halogens is 3. The maximum absolute atomic E-state index is 13.3. The zero-order valence-corrected chi connectivity index (χ0v) is 24.0. The maximum Gasteiger partial charge on any atom is 0.387 e. The van der Waals surface area contributed by atoms with Gasteiger partial charge >= 0.3 is 6.61 Å². The van der Waals surface area contributed by atoms with Crippen molar-refractivity contribution in [1.82, 2.24) is 35.5 Å². The number of nitrogens with one attached hydrogen (secondary N) is 4. The summed E-state index contributed by atoms with van der Waals surface area (Å²) in [5.74, 6) is -0.412. The van der Waals surface area contributed by atoms with E-state index in [4.69, 9.17) is 26.5 Å². The van der Waals surface area contributed by atoms with E-state index in [1.807, 2.05) is 4.90 Å². The van der Waals surface area contributed by atoms with Crippen LogP contribution in [0, 0.1) is 5.41 Å². The van der Waals surface area contributed by atoms with Gasteiger partial charge in [-0.15, -0.1) is 0 Å². The first-order valence-corrected chi connectivity index (χ1v) is 14.3. The average Bonchev–Trinajstić information content (AvgIpc) is 3.64. The molecule has 2 amide bonds. The highest BCUT2D eigenvalue weighted by Crippen LogP contribution is 2.35. The zero-order chi connectivity index (χ0) is 30.3. The number of morpholine rings is 1. The van der Waals surface area contributed by atoms with E-state index in [1.165, 1.54) is 41.6 Å². The quantitative estimate of drug-likeness (QED) is 0.298. The van der Waals surface area contributed by atoms with Gasteiger partial charge in [0.2, 0.25) is 5.91 Å². The first-order valence-electron chi connectivity index (χ1n) is 13.9. The van der Waals surface area contributed by atoms with Gasteiger partial charge in [0, 0.05) is 55.2 Å². The normalized spacial score (nSPS) is 20.1. The number of carbonyl (C=O) groups excluding carboxylic acids is 2. The zero-order valence-electron chi connectivity index (χ0n) is 23.3. The fourth-order valence-corrected chi connectivity index (χ4v) is 5.62. The molecule has 4 heterocycles. The smallest absolute Gasteiger partial charge is 0.387 e. The third-order valence-electron chi connectivity index (χ3n) is 7.53. The lowest BCUT2D eigenvalue weighted by molar-refractivity contribution is -0.134. The van der Waals surface area contributed by atoms with Crippen LogP contribution in [0.1, 0.15) is 40.8 Å². The largest absolute Gasteiger partial charge is 0.434 e. The van der Waals surface area contributed by atoms with Crippen LogP contribution in [0.4, 0.5) is 8.78 Å². The molecular weight excluding hydrogens is 586 g/mol. The minimum Gasteiger partial charge on any atom is -0.434 e. The number of aromatic nitrogens is 2. The molecule has 1 aromatic carbocycles. The monoisotopic (exact) mass is 618 g/mol. The first-order chi connectivity index (χ1) is 20.8. The Kier molecular flexibility index (Phi) is 10.0. The topological polar surface area (TPSA) is 139 Å². The molecule has 0 spiro atoms. The molecule has 2 fully saturated rings. The van der Waals surface area contributed by atoms with E-state index < -0.39 is 18.6 Å². The number of H-pyrrole nitrogens is 1. The van der Waals surface area contributed by atoms with E-state index in [0.717, 1.165) is 45.4 Å². The molecule has 0 radical (unpaired) electrons. The highest BCUT2D eigenvalue weighted by atomic mass is 35.5. The number of alkyl halides is 2. The van der Waals surface area contributed by atoms with E-state index in [0.29, 0.717) is 25.0 Å². The third-order valence-corrected chi connectivity index (χ3v) is 7.77. The number of hydrazine groups is 1. The van der Waals surface area contributed by atoms with Crippen LogP contribution < -0.4 is 15.5 Å². The summed E-state index contributed by atoms with van der Waals surface area (Å²) in [6.07, 6.45) is 8.69. The van der Waals surface area contributed by atoms with Gasteiger partial charge in [0.15, 0.2) is 0 Å². The van der Waals surface area contributed by atoms with Crippen molar-refractivity contribution in [3.8, 4) is 5.75 Å². The van der Waals surface area contributed by atoms with Crippen molar-refractivity contribution >= 4 is 35.7 Å². The number of ether oxygens (including phenoxy) is 2. The van der Waals surface area contributed by atoms with Gasteiger partial charge in [-0.25, -0.2) is 10.4 Å². The molecule has 12 nitrogen and oxygen atoms in total. The molecule has 15 heteroatoms. The lowest BCUT2D eigenvalue weighted by Crippen LogP contribution is -2.51. The number of carbonyl (C=O) groups is 2. The number of hydrogen-bond acceptors (Lipinski definition) is 9. The number of allylic oxidation sites excluding steroid dienone is 1. The highest BCUT2D eigenvalue weighted by Gasteiger charge is 2.33. The molecule has 0 bridgehead atoms. The highest BCUT2D eigenvalue weighted by molar-refractivity contribution is 6.30. The van der Waals surface area contributed by atoms with Crippen molar-refractivity contribution in [1.29, 1.82) is 5.41 Å². The van der Waals surface area contributed by atoms with Gasteiger partial charge < -0.3 is 35.1 Å². The fourth-order valence-electron chi connectivity index (χ4n) is 5.44. The van der Waals surface area contributed by atoms with Crippen molar-refractivity contribution in [3.05, 3.63) is 64.5 Å². The number of aromatic amines is 1. The van der Waals surface area contributed by atoms with E-state index >= 15 is 0 Å². The Bertz CT molecular complexity index is 1370. The van der Waals surface area contributed by atoms with E-state index in [9.17, 15) is 18.4 Å². The molecule has 0 saturated carbocycles. The van der Waals surface area contributed by atoms with E-state index in [2.05, 4.69) is 25.6 Å². The Morgan fingerprint density at radius 1 is 1.23 bits per heavy atom. The predicted molar refractivity (Wildman–Crippen MR) is 155 cm³/mol. The van der Waals surface area contributed by atoms with Crippen LogP contribution in [0.3, 0.4) is 0 Å². The van der Waals surface area contributed by atoms with Crippen LogP contribution in [-0.4, -0.2) is 101 Å². The molecule has 230 valence electrons. The average molecular weight is 619 g/mol. The van der Waals surface area contributed by atoms with Crippen molar-refractivity contribution in [2.24, 2.45) is 0 Å². The van der Waals surface area contributed by atoms with E-state index in [1.54, 1.807) is 6.20 Å². The number of imidazole rings is 1. The fraction of sp³-hybridized carbons (Fsp3) is 0.429. The summed E-state index contributed by atoms with van der Waals surface area (Å²) < 4.78 is 36.7. The minimum absolute atomic E-state index is 0.0493. The molecule has 43 heavy (non-hydrogen) atoms. The summed E-state index contributed by atoms with van der Waals surface area (Å²) in [5.41, 5.74) is 3.80. The first kappa shape index (κ1) is 30.6. The second-order valence-corrected chi connectivity index (χ2v) is 10.7. The Balaban J connectivity index is 1.31.